The van der Waals surface area contributed by atoms with Gasteiger partial charge in [0.15, 0.2) is 5.78 Å². The Bertz CT molecular complexity index is 470. The third kappa shape index (κ3) is 3.42. The van der Waals surface area contributed by atoms with Crippen LogP contribution in [-0.4, -0.2) is 30.3 Å². The number of fused-ring (bicyclic) bond motifs is 2. The molecule has 2 atom stereocenters. The quantitative estimate of drug-likeness (QED) is 0.781. The van der Waals surface area contributed by atoms with Gasteiger partial charge in [-0.1, -0.05) is 18.0 Å². The van der Waals surface area contributed by atoms with E-state index in [-0.39, 0.29) is 5.78 Å². The molecule has 2 bridgehead atoms. The number of halogens is 1. The predicted molar refractivity (Wildman–Crippen MR) is 82.3 cm³/mol. The summed E-state index contributed by atoms with van der Waals surface area (Å²) in [6.07, 6.45) is 6.20. The monoisotopic (exact) mass is 291 g/mol. The third-order valence-electron chi connectivity index (χ3n) is 4.84. The molecule has 0 aromatic heterocycles. The van der Waals surface area contributed by atoms with Crippen LogP contribution in [0.3, 0.4) is 0 Å². The molecule has 2 nitrogen and oxygen atoms in total. The van der Waals surface area contributed by atoms with Gasteiger partial charge in [0.25, 0.3) is 0 Å². The lowest BCUT2D eigenvalue weighted by Gasteiger charge is -2.24. The molecule has 0 spiro atoms. The summed E-state index contributed by atoms with van der Waals surface area (Å²) in [4.78, 5) is 14.7. The molecular weight excluding hydrogens is 270 g/mol. The lowest BCUT2D eigenvalue weighted by Crippen LogP contribution is -2.31. The Balaban J connectivity index is 1.51. The lowest BCUT2D eigenvalue weighted by atomic mass is 10.0. The van der Waals surface area contributed by atoms with Crippen LogP contribution >= 0.6 is 11.6 Å². The fourth-order valence-corrected chi connectivity index (χ4v) is 3.80. The first kappa shape index (κ1) is 14.1. The van der Waals surface area contributed by atoms with Gasteiger partial charge in [0, 0.05) is 30.1 Å². The first-order valence-corrected chi connectivity index (χ1v) is 8.09. The molecule has 1 saturated carbocycles. The maximum atomic E-state index is 12.2. The van der Waals surface area contributed by atoms with Gasteiger partial charge in [-0.25, -0.2) is 0 Å². The summed E-state index contributed by atoms with van der Waals surface area (Å²) in [5.41, 5.74) is 0.783. The standard InChI is InChI=1S/C17H22ClNO/c18-16-5-3-15(4-6-16)17(20)8-10-19-9-7-13-1-2-14(11-13)12-19/h3-6,13-14H,1-2,7-12H2/t13-,14-/m0/s1. The maximum absolute atomic E-state index is 12.2. The van der Waals surface area contributed by atoms with Crippen LogP contribution in [0.2, 0.25) is 5.02 Å². The molecule has 108 valence electrons. The van der Waals surface area contributed by atoms with Crippen molar-refractivity contribution in [3.8, 4) is 0 Å². The van der Waals surface area contributed by atoms with Gasteiger partial charge in [-0.15, -0.1) is 0 Å². The molecule has 1 aromatic carbocycles. The molecular formula is C17H22ClNO. The lowest BCUT2D eigenvalue weighted by molar-refractivity contribution is 0.0960. The number of ketones is 1. The van der Waals surface area contributed by atoms with Crippen molar-refractivity contribution in [1.82, 2.24) is 4.90 Å². The van der Waals surface area contributed by atoms with Crippen LogP contribution in [0.25, 0.3) is 0 Å². The summed E-state index contributed by atoms with van der Waals surface area (Å²) in [6, 6.07) is 7.24. The van der Waals surface area contributed by atoms with E-state index < -0.39 is 0 Å². The maximum Gasteiger partial charge on any atom is 0.164 e. The van der Waals surface area contributed by atoms with E-state index in [1.807, 2.05) is 12.1 Å². The SMILES string of the molecule is O=C(CCN1CC[C@@H]2CC[C@@H](C2)C1)c1ccc(Cl)cc1. The van der Waals surface area contributed by atoms with Crippen molar-refractivity contribution in [2.75, 3.05) is 19.6 Å². The summed E-state index contributed by atoms with van der Waals surface area (Å²) in [5, 5.41) is 0.685. The van der Waals surface area contributed by atoms with Crippen molar-refractivity contribution in [3.63, 3.8) is 0 Å². The van der Waals surface area contributed by atoms with Crippen LogP contribution in [-0.2, 0) is 0 Å². The Morgan fingerprint density at radius 2 is 1.90 bits per heavy atom. The fraction of sp³-hybridized carbons (Fsp3) is 0.588. The summed E-state index contributed by atoms with van der Waals surface area (Å²) < 4.78 is 0. The first-order valence-electron chi connectivity index (χ1n) is 7.72. The highest BCUT2D eigenvalue weighted by Gasteiger charge is 2.29. The molecule has 1 saturated heterocycles. The molecule has 0 radical (unpaired) electrons. The zero-order chi connectivity index (χ0) is 13.9. The normalized spacial score (nSPS) is 26.4. The van der Waals surface area contributed by atoms with Crippen molar-refractivity contribution in [1.29, 1.82) is 0 Å². The summed E-state index contributed by atoms with van der Waals surface area (Å²) in [7, 11) is 0. The fourth-order valence-electron chi connectivity index (χ4n) is 3.67. The van der Waals surface area contributed by atoms with Gasteiger partial charge in [-0.05, 0) is 61.9 Å². The van der Waals surface area contributed by atoms with Gasteiger partial charge < -0.3 is 4.90 Å². The molecule has 0 unspecified atom stereocenters. The number of hydrogen-bond acceptors (Lipinski definition) is 2. The zero-order valence-corrected chi connectivity index (χ0v) is 12.6. The summed E-state index contributed by atoms with van der Waals surface area (Å²) >= 11 is 5.85. The molecule has 1 aliphatic heterocycles. The number of carbonyl (C=O) groups excluding carboxylic acids is 1. The minimum Gasteiger partial charge on any atom is -0.303 e. The number of hydrogen-bond donors (Lipinski definition) is 0. The number of nitrogens with zero attached hydrogens (tertiary/aromatic N) is 1. The highest BCUT2D eigenvalue weighted by Crippen LogP contribution is 2.36. The first-order chi connectivity index (χ1) is 9.70. The summed E-state index contributed by atoms with van der Waals surface area (Å²) in [6.45, 7) is 3.28. The average molecular weight is 292 g/mol. The Labute approximate surface area is 126 Å². The predicted octanol–water partition coefficient (Wildman–Crippen LogP) is 4.03. The Hall–Kier alpha value is -0.860. The van der Waals surface area contributed by atoms with Crippen LogP contribution in [0.1, 0.15) is 42.5 Å². The zero-order valence-electron chi connectivity index (χ0n) is 11.9. The Morgan fingerprint density at radius 1 is 1.15 bits per heavy atom. The van der Waals surface area contributed by atoms with Crippen molar-refractivity contribution in [2.24, 2.45) is 11.8 Å². The van der Waals surface area contributed by atoms with Crippen molar-refractivity contribution >= 4 is 17.4 Å². The van der Waals surface area contributed by atoms with E-state index in [1.54, 1.807) is 12.1 Å². The third-order valence-corrected chi connectivity index (χ3v) is 5.09. The topological polar surface area (TPSA) is 20.3 Å². The van der Waals surface area contributed by atoms with E-state index in [1.165, 1.54) is 38.8 Å². The van der Waals surface area contributed by atoms with Crippen molar-refractivity contribution in [3.05, 3.63) is 34.9 Å². The molecule has 3 rings (SSSR count). The highest BCUT2D eigenvalue weighted by molar-refractivity contribution is 6.30. The van der Waals surface area contributed by atoms with Gasteiger partial charge >= 0.3 is 0 Å². The summed E-state index contributed by atoms with van der Waals surface area (Å²) in [5.74, 6) is 2.07. The van der Waals surface area contributed by atoms with Gasteiger partial charge in [0.2, 0.25) is 0 Å². The van der Waals surface area contributed by atoms with E-state index in [0.29, 0.717) is 11.4 Å². The molecule has 20 heavy (non-hydrogen) atoms. The largest absolute Gasteiger partial charge is 0.303 e. The van der Waals surface area contributed by atoms with Crippen LogP contribution < -0.4 is 0 Å². The van der Waals surface area contributed by atoms with E-state index in [2.05, 4.69) is 4.90 Å². The minimum atomic E-state index is 0.232. The smallest absolute Gasteiger partial charge is 0.164 e. The molecule has 1 heterocycles. The number of benzene rings is 1. The molecule has 2 aliphatic rings. The second-order valence-electron chi connectivity index (χ2n) is 6.31. The number of Topliss-reactive ketones (excluding diaryl/α,β-unsaturated/α-hetero) is 1. The van der Waals surface area contributed by atoms with E-state index in [4.69, 9.17) is 11.6 Å². The molecule has 0 N–H and O–H groups in total. The Morgan fingerprint density at radius 3 is 2.70 bits per heavy atom. The van der Waals surface area contributed by atoms with E-state index >= 15 is 0 Å². The molecule has 0 amide bonds. The van der Waals surface area contributed by atoms with Gasteiger partial charge in [0.1, 0.15) is 0 Å². The highest BCUT2D eigenvalue weighted by atomic mass is 35.5. The second-order valence-corrected chi connectivity index (χ2v) is 6.75. The van der Waals surface area contributed by atoms with Crippen LogP contribution in [0.15, 0.2) is 24.3 Å². The van der Waals surface area contributed by atoms with Crippen molar-refractivity contribution < 1.29 is 4.79 Å². The van der Waals surface area contributed by atoms with Crippen LogP contribution in [0, 0.1) is 11.8 Å². The van der Waals surface area contributed by atoms with Crippen molar-refractivity contribution in [2.45, 2.75) is 32.1 Å². The number of likely N-dealkylation sites (tertiary alicyclic amines) is 1. The molecule has 3 heteroatoms. The number of rotatable bonds is 4. The van der Waals surface area contributed by atoms with E-state index in [9.17, 15) is 4.79 Å². The van der Waals surface area contributed by atoms with Crippen LogP contribution in [0.5, 0.6) is 0 Å². The second kappa shape index (κ2) is 6.28. The molecule has 1 aliphatic carbocycles. The minimum absolute atomic E-state index is 0.232. The van der Waals surface area contributed by atoms with Gasteiger partial charge in [-0.3, -0.25) is 4.79 Å². The Kier molecular flexibility index (Phi) is 4.42. The van der Waals surface area contributed by atoms with Crippen LogP contribution in [0.4, 0.5) is 0 Å². The van der Waals surface area contributed by atoms with E-state index in [0.717, 1.165) is 23.9 Å². The molecule has 2 fully saturated rings. The van der Waals surface area contributed by atoms with Gasteiger partial charge in [-0.2, -0.15) is 0 Å². The van der Waals surface area contributed by atoms with Gasteiger partial charge in [0.05, 0.1) is 0 Å². The molecule has 1 aromatic rings. The number of carbonyl (C=O) groups is 1. The average Bonchev–Trinajstić information content (AvgIpc) is 2.78.